The van der Waals surface area contributed by atoms with E-state index in [0.29, 0.717) is 36.8 Å². The van der Waals surface area contributed by atoms with E-state index in [9.17, 15) is 9.90 Å². The van der Waals surface area contributed by atoms with Gasteiger partial charge in [-0.1, -0.05) is 6.07 Å². The number of benzene rings is 1. The van der Waals surface area contributed by atoms with E-state index in [4.69, 9.17) is 9.47 Å². The molecule has 102 valence electrons. The van der Waals surface area contributed by atoms with Gasteiger partial charge in [0, 0.05) is 12.0 Å². The average Bonchev–Trinajstić information content (AvgIpc) is 3.25. The molecule has 0 aromatic heterocycles. The van der Waals surface area contributed by atoms with Crippen molar-refractivity contribution in [3.63, 3.8) is 0 Å². The summed E-state index contributed by atoms with van der Waals surface area (Å²) in [5.41, 5.74) is 0.396. The molecule has 0 atom stereocenters. The van der Waals surface area contributed by atoms with Gasteiger partial charge in [0.15, 0.2) is 11.5 Å². The molecule has 0 radical (unpaired) electrons. The maximum Gasteiger partial charge on any atom is 0.255 e. The van der Waals surface area contributed by atoms with E-state index in [0.717, 1.165) is 12.8 Å². The normalized spacial score (nSPS) is 18.8. The number of hydrogen-bond donors (Lipinski definition) is 2. The molecule has 1 aromatic carbocycles. The van der Waals surface area contributed by atoms with Crippen molar-refractivity contribution in [2.24, 2.45) is 5.41 Å². The van der Waals surface area contributed by atoms with Gasteiger partial charge in [-0.2, -0.15) is 0 Å². The van der Waals surface area contributed by atoms with Crippen LogP contribution < -0.4 is 14.8 Å². The number of ether oxygens (including phenoxy) is 2. The fraction of sp³-hybridized carbons (Fsp3) is 0.500. The third-order valence-electron chi connectivity index (χ3n) is 3.73. The molecule has 0 unspecified atom stereocenters. The Kier molecular flexibility index (Phi) is 3.06. The summed E-state index contributed by atoms with van der Waals surface area (Å²) < 4.78 is 11.0. The maximum absolute atomic E-state index is 12.2. The lowest BCUT2D eigenvalue weighted by Gasteiger charge is -2.21. The van der Waals surface area contributed by atoms with Crippen LogP contribution in [0.3, 0.4) is 0 Å². The van der Waals surface area contributed by atoms with Gasteiger partial charge in [0.2, 0.25) is 0 Å². The lowest BCUT2D eigenvalue weighted by atomic mass is 10.1. The van der Waals surface area contributed by atoms with Gasteiger partial charge in [-0.15, -0.1) is 0 Å². The summed E-state index contributed by atoms with van der Waals surface area (Å²) in [4.78, 5) is 12.2. The monoisotopic (exact) mass is 263 g/mol. The molecular weight excluding hydrogens is 246 g/mol. The van der Waals surface area contributed by atoms with Crippen molar-refractivity contribution in [1.29, 1.82) is 0 Å². The predicted octanol–water partition coefficient (Wildman–Crippen LogP) is 0.960. The zero-order chi connectivity index (χ0) is 13.3. The Morgan fingerprint density at radius 1 is 1.32 bits per heavy atom. The zero-order valence-corrected chi connectivity index (χ0v) is 10.6. The summed E-state index contributed by atoms with van der Waals surface area (Å²) in [6.45, 7) is 1.59. The average molecular weight is 263 g/mol. The Bertz CT molecular complexity index is 496. The number of carbonyl (C=O) groups is 1. The number of para-hydroxylation sites is 1. The molecule has 0 spiro atoms. The lowest BCUT2D eigenvalue weighted by molar-refractivity contribution is 0.0924. The molecule has 1 saturated carbocycles. The molecule has 5 heteroatoms. The molecule has 19 heavy (non-hydrogen) atoms. The van der Waals surface area contributed by atoms with E-state index in [2.05, 4.69) is 5.32 Å². The zero-order valence-electron chi connectivity index (χ0n) is 10.6. The Balaban J connectivity index is 1.73. The molecule has 0 bridgehead atoms. The molecule has 1 aliphatic carbocycles. The highest BCUT2D eigenvalue weighted by molar-refractivity contribution is 5.97. The van der Waals surface area contributed by atoms with Gasteiger partial charge in [-0.25, -0.2) is 0 Å². The quantitative estimate of drug-likeness (QED) is 0.849. The maximum atomic E-state index is 12.2. The van der Waals surface area contributed by atoms with Gasteiger partial charge in [0.05, 0.1) is 12.2 Å². The number of aliphatic hydroxyl groups excluding tert-OH is 1. The van der Waals surface area contributed by atoms with Crippen LogP contribution in [0.5, 0.6) is 11.5 Å². The largest absolute Gasteiger partial charge is 0.486 e. The predicted molar refractivity (Wildman–Crippen MR) is 68.5 cm³/mol. The van der Waals surface area contributed by atoms with E-state index in [1.807, 2.05) is 0 Å². The fourth-order valence-corrected chi connectivity index (χ4v) is 2.18. The van der Waals surface area contributed by atoms with Crippen LogP contribution in [0.4, 0.5) is 0 Å². The van der Waals surface area contributed by atoms with E-state index in [1.54, 1.807) is 18.2 Å². The first-order valence-electron chi connectivity index (χ1n) is 6.52. The van der Waals surface area contributed by atoms with Crippen LogP contribution in [0.2, 0.25) is 0 Å². The van der Waals surface area contributed by atoms with Gasteiger partial charge in [-0.05, 0) is 25.0 Å². The fourth-order valence-electron chi connectivity index (χ4n) is 2.18. The first-order chi connectivity index (χ1) is 9.24. The van der Waals surface area contributed by atoms with E-state index in [1.165, 1.54) is 0 Å². The molecule has 2 aliphatic rings. The van der Waals surface area contributed by atoms with Crippen LogP contribution in [-0.4, -0.2) is 37.4 Å². The highest BCUT2D eigenvalue weighted by Gasteiger charge is 2.42. The van der Waals surface area contributed by atoms with Gasteiger partial charge in [0.1, 0.15) is 13.2 Å². The number of hydrogen-bond acceptors (Lipinski definition) is 4. The SMILES string of the molecule is O=C(NCC1(CO)CC1)c1cccc2c1OCCO2. The number of carbonyl (C=O) groups excluding carboxylic acids is 1. The van der Waals surface area contributed by atoms with Crippen LogP contribution in [0.25, 0.3) is 0 Å². The van der Waals surface area contributed by atoms with Gasteiger partial charge < -0.3 is 19.9 Å². The van der Waals surface area contributed by atoms with Crippen molar-refractivity contribution in [3.05, 3.63) is 23.8 Å². The van der Waals surface area contributed by atoms with Crippen LogP contribution in [-0.2, 0) is 0 Å². The number of rotatable bonds is 4. The van der Waals surface area contributed by atoms with Crippen molar-refractivity contribution >= 4 is 5.91 Å². The number of fused-ring (bicyclic) bond motifs is 1. The number of amides is 1. The van der Waals surface area contributed by atoms with E-state index in [-0.39, 0.29) is 17.9 Å². The van der Waals surface area contributed by atoms with Crippen molar-refractivity contribution in [2.45, 2.75) is 12.8 Å². The molecule has 3 rings (SSSR count). The van der Waals surface area contributed by atoms with Crippen molar-refractivity contribution in [2.75, 3.05) is 26.4 Å². The van der Waals surface area contributed by atoms with Crippen molar-refractivity contribution in [3.8, 4) is 11.5 Å². The smallest absolute Gasteiger partial charge is 0.255 e. The lowest BCUT2D eigenvalue weighted by Crippen LogP contribution is -2.32. The molecular formula is C14H17NO4. The summed E-state index contributed by atoms with van der Waals surface area (Å²) in [6.07, 6.45) is 1.94. The molecule has 1 heterocycles. The third-order valence-corrected chi connectivity index (χ3v) is 3.73. The summed E-state index contributed by atoms with van der Waals surface area (Å²) >= 11 is 0. The molecule has 1 amide bonds. The van der Waals surface area contributed by atoms with Crippen LogP contribution >= 0.6 is 0 Å². The van der Waals surface area contributed by atoms with Gasteiger partial charge >= 0.3 is 0 Å². The summed E-state index contributed by atoms with van der Waals surface area (Å²) in [6, 6.07) is 5.30. The second-order valence-electron chi connectivity index (χ2n) is 5.17. The Morgan fingerprint density at radius 2 is 2.11 bits per heavy atom. The molecule has 0 saturated heterocycles. The van der Waals surface area contributed by atoms with Crippen LogP contribution in [0.15, 0.2) is 18.2 Å². The summed E-state index contributed by atoms with van der Waals surface area (Å²) in [5, 5.41) is 12.1. The van der Waals surface area contributed by atoms with E-state index >= 15 is 0 Å². The highest BCUT2D eigenvalue weighted by atomic mass is 16.6. The Hall–Kier alpha value is -1.75. The van der Waals surface area contributed by atoms with Crippen molar-refractivity contribution in [1.82, 2.24) is 5.32 Å². The molecule has 1 aliphatic heterocycles. The minimum atomic E-state index is -0.179. The second kappa shape index (κ2) is 4.74. The minimum absolute atomic E-state index is 0.0954. The highest BCUT2D eigenvalue weighted by Crippen LogP contribution is 2.44. The van der Waals surface area contributed by atoms with Gasteiger partial charge in [0.25, 0.3) is 5.91 Å². The van der Waals surface area contributed by atoms with E-state index < -0.39 is 0 Å². The van der Waals surface area contributed by atoms with Gasteiger partial charge in [-0.3, -0.25) is 4.79 Å². The standard InChI is InChI=1S/C14H17NO4/c16-9-14(4-5-14)8-15-13(17)10-2-1-3-11-12(10)19-7-6-18-11/h1-3,16H,4-9H2,(H,15,17). The molecule has 1 aromatic rings. The summed E-state index contributed by atoms with van der Waals surface area (Å²) in [5.74, 6) is 0.948. The minimum Gasteiger partial charge on any atom is -0.486 e. The summed E-state index contributed by atoms with van der Waals surface area (Å²) in [7, 11) is 0. The van der Waals surface area contributed by atoms with Crippen LogP contribution in [0, 0.1) is 5.41 Å². The number of aliphatic hydroxyl groups is 1. The third kappa shape index (κ3) is 2.38. The Labute approximate surface area is 111 Å². The first-order valence-corrected chi connectivity index (χ1v) is 6.52. The number of nitrogens with one attached hydrogen (secondary N) is 1. The molecule has 1 fully saturated rings. The second-order valence-corrected chi connectivity index (χ2v) is 5.17. The topological polar surface area (TPSA) is 67.8 Å². The Morgan fingerprint density at radius 3 is 2.84 bits per heavy atom. The molecule has 5 nitrogen and oxygen atoms in total. The molecule has 2 N–H and O–H groups in total. The van der Waals surface area contributed by atoms with Crippen LogP contribution in [0.1, 0.15) is 23.2 Å². The first kappa shape index (κ1) is 12.3. The van der Waals surface area contributed by atoms with Crippen molar-refractivity contribution < 1.29 is 19.4 Å².